The van der Waals surface area contributed by atoms with E-state index in [1.165, 1.54) is 19.3 Å². The second kappa shape index (κ2) is 5.83. The van der Waals surface area contributed by atoms with E-state index in [-0.39, 0.29) is 5.91 Å². The van der Waals surface area contributed by atoms with Gasteiger partial charge in [-0.25, -0.2) is 0 Å². The minimum Gasteiger partial charge on any atom is -0.383 e. The molecule has 0 aliphatic heterocycles. The Balaban J connectivity index is 2.08. The van der Waals surface area contributed by atoms with Crippen LogP contribution in [0.25, 0.3) is 0 Å². The van der Waals surface area contributed by atoms with E-state index in [9.17, 15) is 4.79 Å². The number of hydrogen-bond donors (Lipinski definition) is 1. The van der Waals surface area contributed by atoms with E-state index in [0.29, 0.717) is 16.6 Å². The number of rotatable bonds is 5. The fraction of sp³-hybridized carbons (Fsp3) is 0.533. The van der Waals surface area contributed by atoms with Gasteiger partial charge in [0.05, 0.1) is 10.6 Å². The van der Waals surface area contributed by atoms with E-state index in [1.54, 1.807) is 25.1 Å². The number of nitrogens with one attached hydrogen (secondary N) is 1. The summed E-state index contributed by atoms with van der Waals surface area (Å²) in [5.74, 6) is 0.821. The van der Waals surface area contributed by atoms with Crippen molar-refractivity contribution in [2.24, 2.45) is 5.92 Å². The Morgan fingerprint density at radius 3 is 2.74 bits per heavy atom. The number of amides is 1. The summed E-state index contributed by atoms with van der Waals surface area (Å²) >= 11 is 6.09. The zero-order valence-electron chi connectivity index (χ0n) is 11.7. The third kappa shape index (κ3) is 3.87. The van der Waals surface area contributed by atoms with E-state index >= 15 is 0 Å². The van der Waals surface area contributed by atoms with Crippen LogP contribution in [0, 0.1) is 5.92 Å². The monoisotopic (exact) mass is 280 g/mol. The van der Waals surface area contributed by atoms with Crippen LogP contribution in [0.2, 0.25) is 5.02 Å². The molecule has 104 valence electrons. The molecule has 0 heterocycles. The first-order valence-electron chi connectivity index (χ1n) is 6.75. The maximum atomic E-state index is 12.0. The molecule has 1 atom stereocenters. The molecule has 0 bridgehead atoms. The molecule has 1 aromatic rings. The molecule has 0 spiro atoms. The average Bonchev–Trinajstić information content (AvgIpc) is 3.14. The molecule has 1 N–H and O–H groups in total. The lowest BCUT2D eigenvalue weighted by atomic mass is 10.1. The predicted molar refractivity (Wildman–Crippen MR) is 79.9 cm³/mol. The van der Waals surface area contributed by atoms with E-state index in [1.807, 2.05) is 12.1 Å². The van der Waals surface area contributed by atoms with Crippen LogP contribution in [-0.4, -0.2) is 30.9 Å². The van der Waals surface area contributed by atoms with Crippen molar-refractivity contribution in [3.63, 3.8) is 0 Å². The van der Waals surface area contributed by atoms with Gasteiger partial charge in [0.25, 0.3) is 5.91 Å². The van der Waals surface area contributed by atoms with Gasteiger partial charge in [0.2, 0.25) is 0 Å². The molecule has 1 fully saturated rings. The molecule has 1 saturated carbocycles. The quantitative estimate of drug-likeness (QED) is 0.893. The fourth-order valence-electron chi connectivity index (χ4n) is 2.22. The number of halogens is 1. The van der Waals surface area contributed by atoms with Crippen LogP contribution in [0.15, 0.2) is 18.2 Å². The summed E-state index contributed by atoms with van der Waals surface area (Å²) in [7, 11) is 3.46. The Labute approximate surface area is 119 Å². The highest BCUT2D eigenvalue weighted by molar-refractivity contribution is 6.34. The van der Waals surface area contributed by atoms with Crippen molar-refractivity contribution in [2.75, 3.05) is 19.4 Å². The van der Waals surface area contributed by atoms with Crippen LogP contribution in [0.5, 0.6) is 0 Å². The SMILES string of the molecule is CC(CC1CC1)Nc1ccc(Cl)c(C(=O)N(C)C)c1. The minimum atomic E-state index is -0.0662. The molecular weight excluding hydrogens is 260 g/mol. The van der Waals surface area contributed by atoms with Crippen molar-refractivity contribution in [3.8, 4) is 0 Å². The number of benzene rings is 1. The van der Waals surface area contributed by atoms with Gasteiger partial charge in [0.15, 0.2) is 0 Å². The van der Waals surface area contributed by atoms with Crippen molar-refractivity contribution in [1.82, 2.24) is 4.90 Å². The van der Waals surface area contributed by atoms with Crippen molar-refractivity contribution < 1.29 is 4.79 Å². The molecule has 1 amide bonds. The van der Waals surface area contributed by atoms with Gasteiger partial charge < -0.3 is 10.2 Å². The van der Waals surface area contributed by atoms with Gasteiger partial charge in [0, 0.05) is 25.8 Å². The standard InChI is InChI=1S/C15H21ClN2O/c1-10(8-11-4-5-11)17-12-6-7-14(16)13(9-12)15(19)18(2)3/h6-7,9-11,17H,4-5,8H2,1-3H3. The van der Waals surface area contributed by atoms with Gasteiger partial charge >= 0.3 is 0 Å². The van der Waals surface area contributed by atoms with Crippen LogP contribution in [0.3, 0.4) is 0 Å². The van der Waals surface area contributed by atoms with Gasteiger partial charge in [-0.2, -0.15) is 0 Å². The number of anilines is 1. The smallest absolute Gasteiger partial charge is 0.254 e. The molecule has 19 heavy (non-hydrogen) atoms. The fourth-order valence-corrected chi connectivity index (χ4v) is 2.42. The van der Waals surface area contributed by atoms with E-state index in [0.717, 1.165) is 11.6 Å². The van der Waals surface area contributed by atoms with Crippen molar-refractivity contribution in [3.05, 3.63) is 28.8 Å². The molecule has 0 saturated heterocycles. The van der Waals surface area contributed by atoms with Crippen molar-refractivity contribution in [1.29, 1.82) is 0 Å². The molecular formula is C15H21ClN2O. The van der Waals surface area contributed by atoms with Crippen LogP contribution in [-0.2, 0) is 0 Å². The summed E-state index contributed by atoms with van der Waals surface area (Å²) in [5, 5.41) is 3.94. The van der Waals surface area contributed by atoms with Crippen LogP contribution < -0.4 is 5.32 Å². The summed E-state index contributed by atoms with van der Waals surface area (Å²) in [6.45, 7) is 2.18. The minimum absolute atomic E-state index is 0.0662. The summed E-state index contributed by atoms with van der Waals surface area (Å²) < 4.78 is 0. The second-order valence-electron chi connectivity index (χ2n) is 5.62. The Kier molecular flexibility index (Phi) is 4.35. The molecule has 1 unspecified atom stereocenters. The average molecular weight is 281 g/mol. The van der Waals surface area contributed by atoms with Crippen LogP contribution >= 0.6 is 11.6 Å². The highest BCUT2D eigenvalue weighted by Crippen LogP contribution is 2.34. The Bertz CT molecular complexity index is 469. The summed E-state index contributed by atoms with van der Waals surface area (Å²) in [6.07, 6.45) is 3.91. The molecule has 1 aliphatic carbocycles. The number of hydrogen-bond acceptors (Lipinski definition) is 2. The summed E-state index contributed by atoms with van der Waals surface area (Å²) in [5.41, 5.74) is 1.51. The van der Waals surface area contributed by atoms with Gasteiger partial charge in [-0.3, -0.25) is 4.79 Å². The lowest BCUT2D eigenvalue weighted by Crippen LogP contribution is -2.22. The van der Waals surface area contributed by atoms with Gasteiger partial charge in [0.1, 0.15) is 0 Å². The highest BCUT2D eigenvalue weighted by Gasteiger charge is 2.23. The maximum Gasteiger partial charge on any atom is 0.254 e. The number of carbonyl (C=O) groups excluding carboxylic acids is 1. The van der Waals surface area contributed by atoms with Gasteiger partial charge in [-0.15, -0.1) is 0 Å². The molecule has 3 nitrogen and oxygen atoms in total. The van der Waals surface area contributed by atoms with Gasteiger partial charge in [-0.05, 0) is 37.5 Å². The van der Waals surface area contributed by atoms with E-state index < -0.39 is 0 Å². The highest BCUT2D eigenvalue weighted by atomic mass is 35.5. The molecule has 0 aromatic heterocycles. The first kappa shape index (κ1) is 14.2. The third-order valence-corrected chi connectivity index (χ3v) is 3.73. The largest absolute Gasteiger partial charge is 0.383 e. The van der Waals surface area contributed by atoms with E-state index in [4.69, 9.17) is 11.6 Å². The maximum absolute atomic E-state index is 12.0. The molecule has 0 radical (unpaired) electrons. The van der Waals surface area contributed by atoms with Crippen LogP contribution in [0.1, 0.15) is 36.5 Å². The normalized spacial score (nSPS) is 16.0. The molecule has 2 rings (SSSR count). The topological polar surface area (TPSA) is 32.3 Å². The third-order valence-electron chi connectivity index (χ3n) is 3.40. The lowest BCUT2D eigenvalue weighted by Gasteiger charge is -2.17. The first-order valence-corrected chi connectivity index (χ1v) is 7.13. The van der Waals surface area contributed by atoms with Gasteiger partial charge in [-0.1, -0.05) is 24.4 Å². The number of carbonyl (C=O) groups is 1. The zero-order valence-corrected chi connectivity index (χ0v) is 12.5. The van der Waals surface area contributed by atoms with E-state index in [2.05, 4.69) is 12.2 Å². The molecule has 1 aromatic carbocycles. The Morgan fingerprint density at radius 1 is 1.47 bits per heavy atom. The summed E-state index contributed by atoms with van der Waals surface area (Å²) in [4.78, 5) is 13.5. The molecule has 4 heteroatoms. The predicted octanol–water partition coefficient (Wildman–Crippen LogP) is 3.64. The first-order chi connectivity index (χ1) is 8.97. The van der Waals surface area contributed by atoms with Crippen molar-refractivity contribution >= 4 is 23.2 Å². The lowest BCUT2D eigenvalue weighted by molar-refractivity contribution is 0.0828. The Hall–Kier alpha value is -1.22. The Morgan fingerprint density at radius 2 is 2.16 bits per heavy atom. The molecule has 1 aliphatic rings. The zero-order chi connectivity index (χ0) is 14.0. The summed E-state index contributed by atoms with van der Waals surface area (Å²) in [6, 6.07) is 5.98. The van der Waals surface area contributed by atoms with Crippen molar-refractivity contribution in [2.45, 2.75) is 32.2 Å². The van der Waals surface area contributed by atoms with Crippen LogP contribution in [0.4, 0.5) is 5.69 Å². The number of nitrogens with zero attached hydrogens (tertiary/aromatic N) is 1. The second-order valence-corrected chi connectivity index (χ2v) is 6.03.